The zero-order chi connectivity index (χ0) is 12.2. The van der Waals surface area contributed by atoms with Crippen molar-refractivity contribution in [3.8, 4) is 0 Å². The van der Waals surface area contributed by atoms with Crippen molar-refractivity contribution in [3.05, 3.63) is 72.6 Å². The average molecular weight is 251 g/mol. The van der Waals surface area contributed by atoms with Gasteiger partial charge in [-0.25, -0.2) is 0 Å². The van der Waals surface area contributed by atoms with Gasteiger partial charge in [-0.1, -0.05) is 36.4 Å². The van der Waals surface area contributed by atoms with E-state index in [2.05, 4.69) is 53.5 Å². The molecule has 3 rings (SSSR count). The van der Waals surface area contributed by atoms with E-state index in [9.17, 15) is 0 Å². The number of rotatable bonds is 3. The molecule has 0 radical (unpaired) electrons. The molecule has 88 valence electrons. The molecule has 0 saturated heterocycles. The summed E-state index contributed by atoms with van der Waals surface area (Å²) in [5.41, 5.74) is 1.26. The molecule has 0 bridgehead atoms. The molecule has 1 nitrogen and oxygen atoms in total. The van der Waals surface area contributed by atoms with Crippen molar-refractivity contribution < 1.29 is 0 Å². The second-order valence-electron chi connectivity index (χ2n) is 4.16. The lowest BCUT2D eigenvalue weighted by Crippen LogP contribution is -1.81. The third kappa shape index (κ3) is 2.54. The Kier molecular flexibility index (Phi) is 3.29. The number of fused-ring (bicyclic) bond motifs is 1. The number of nitrogens with zero attached hydrogens (tertiary/aromatic N) is 1. The summed E-state index contributed by atoms with van der Waals surface area (Å²) < 4.78 is 0. The third-order valence-electron chi connectivity index (χ3n) is 2.85. The summed E-state index contributed by atoms with van der Waals surface area (Å²) >= 11 is 1.85. The van der Waals surface area contributed by atoms with E-state index in [0.29, 0.717) is 0 Å². The molecule has 0 spiro atoms. The summed E-state index contributed by atoms with van der Waals surface area (Å²) in [5.74, 6) is 0.964. The summed E-state index contributed by atoms with van der Waals surface area (Å²) in [6.45, 7) is 0. The van der Waals surface area contributed by atoms with Crippen molar-refractivity contribution in [1.82, 2.24) is 4.98 Å². The normalized spacial score (nSPS) is 10.7. The smallest absolute Gasteiger partial charge is 0.0308 e. The molecular formula is C16H13NS. The number of benzene rings is 2. The van der Waals surface area contributed by atoms with Gasteiger partial charge in [0.25, 0.3) is 0 Å². The van der Waals surface area contributed by atoms with Crippen molar-refractivity contribution in [2.24, 2.45) is 0 Å². The Bertz CT molecular complexity index is 649. The van der Waals surface area contributed by atoms with E-state index in [0.717, 1.165) is 5.75 Å². The highest BCUT2D eigenvalue weighted by Crippen LogP contribution is 2.26. The zero-order valence-electron chi connectivity index (χ0n) is 9.91. The number of pyridine rings is 1. The first kappa shape index (κ1) is 11.3. The largest absolute Gasteiger partial charge is 0.264 e. The molecule has 2 aromatic carbocycles. The SMILES string of the molecule is c1cncc(CSc2ccc3ccccc3c2)c1. The average Bonchev–Trinajstić information content (AvgIpc) is 2.46. The van der Waals surface area contributed by atoms with Gasteiger partial charge >= 0.3 is 0 Å². The molecule has 0 fully saturated rings. The van der Waals surface area contributed by atoms with Gasteiger partial charge in [0, 0.05) is 23.0 Å². The Morgan fingerprint density at radius 1 is 0.889 bits per heavy atom. The van der Waals surface area contributed by atoms with Gasteiger partial charge in [-0.3, -0.25) is 4.98 Å². The Balaban J connectivity index is 1.79. The second-order valence-corrected chi connectivity index (χ2v) is 5.21. The third-order valence-corrected chi connectivity index (χ3v) is 3.91. The van der Waals surface area contributed by atoms with Gasteiger partial charge in [-0.05, 0) is 34.5 Å². The number of thioether (sulfide) groups is 1. The minimum absolute atomic E-state index is 0.964. The molecule has 0 N–H and O–H groups in total. The minimum atomic E-state index is 0.964. The molecule has 0 saturated carbocycles. The van der Waals surface area contributed by atoms with E-state index in [1.807, 2.05) is 30.2 Å². The lowest BCUT2D eigenvalue weighted by Gasteiger charge is -2.03. The second kappa shape index (κ2) is 5.23. The summed E-state index contributed by atoms with van der Waals surface area (Å²) in [4.78, 5) is 5.44. The molecule has 18 heavy (non-hydrogen) atoms. The van der Waals surface area contributed by atoms with Gasteiger partial charge < -0.3 is 0 Å². The van der Waals surface area contributed by atoms with E-state index in [-0.39, 0.29) is 0 Å². The van der Waals surface area contributed by atoms with E-state index < -0.39 is 0 Å². The maximum atomic E-state index is 4.13. The van der Waals surface area contributed by atoms with E-state index in [1.54, 1.807) is 0 Å². The van der Waals surface area contributed by atoms with Gasteiger partial charge in [0.1, 0.15) is 0 Å². The molecule has 0 amide bonds. The van der Waals surface area contributed by atoms with Crippen LogP contribution in [0.3, 0.4) is 0 Å². The van der Waals surface area contributed by atoms with E-state index >= 15 is 0 Å². The highest BCUT2D eigenvalue weighted by molar-refractivity contribution is 7.98. The predicted molar refractivity (Wildman–Crippen MR) is 77.7 cm³/mol. The quantitative estimate of drug-likeness (QED) is 0.634. The summed E-state index contributed by atoms with van der Waals surface area (Å²) in [6.07, 6.45) is 3.73. The van der Waals surface area contributed by atoms with Crippen LogP contribution in [0.1, 0.15) is 5.56 Å². The van der Waals surface area contributed by atoms with Crippen molar-refractivity contribution in [3.63, 3.8) is 0 Å². The monoisotopic (exact) mass is 251 g/mol. The van der Waals surface area contributed by atoms with Crippen LogP contribution < -0.4 is 0 Å². The molecule has 0 atom stereocenters. The number of hydrogen-bond donors (Lipinski definition) is 0. The Labute approximate surface area is 111 Å². The number of hydrogen-bond acceptors (Lipinski definition) is 2. The predicted octanol–water partition coefficient (Wildman–Crippen LogP) is 4.53. The molecule has 0 aliphatic carbocycles. The Hall–Kier alpha value is -1.80. The molecule has 0 aliphatic rings. The van der Waals surface area contributed by atoms with Crippen molar-refractivity contribution in [1.29, 1.82) is 0 Å². The van der Waals surface area contributed by atoms with Crippen molar-refractivity contribution in [2.75, 3.05) is 0 Å². The first-order chi connectivity index (χ1) is 8.92. The standard InChI is InChI=1S/C16H13NS/c1-2-6-15-10-16(8-7-14(15)5-1)18-12-13-4-3-9-17-11-13/h1-11H,12H2. The van der Waals surface area contributed by atoms with Crippen LogP contribution in [-0.2, 0) is 5.75 Å². The van der Waals surface area contributed by atoms with Crippen LogP contribution in [0.15, 0.2) is 71.9 Å². The lowest BCUT2D eigenvalue weighted by molar-refractivity contribution is 1.25. The van der Waals surface area contributed by atoms with Crippen LogP contribution >= 0.6 is 11.8 Å². The Morgan fingerprint density at radius 3 is 2.61 bits per heavy atom. The molecule has 1 aromatic heterocycles. The molecule has 2 heteroatoms. The summed E-state index contributed by atoms with van der Waals surface area (Å²) in [7, 11) is 0. The van der Waals surface area contributed by atoms with Crippen LogP contribution in [0.4, 0.5) is 0 Å². The van der Waals surface area contributed by atoms with Crippen molar-refractivity contribution in [2.45, 2.75) is 10.6 Å². The van der Waals surface area contributed by atoms with Crippen LogP contribution in [0, 0.1) is 0 Å². The lowest BCUT2D eigenvalue weighted by atomic mass is 10.1. The van der Waals surface area contributed by atoms with Crippen LogP contribution in [-0.4, -0.2) is 4.98 Å². The highest BCUT2D eigenvalue weighted by atomic mass is 32.2. The Morgan fingerprint density at radius 2 is 1.78 bits per heavy atom. The maximum Gasteiger partial charge on any atom is 0.0308 e. The maximum absolute atomic E-state index is 4.13. The molecule has 3 aromatic rings. The van der Waals surface area contributed by atoms with Crippen LogP contribution in [0.5, 0.6) is 0 Å². The summed E-state index contributed by atoms with van der Waals surface area (Å²) in [5, 5.41) is 2.59. The van der Waals surface area contributed by atoms with Crippen molar-refractivity contribution >= 4 is 22.5 Å². The molecule has 1 heterocycles. The van der Waals surface area contributed by atoms with E-state index in [1.165, 1.54) is 21.2 Å². The van der Waals surface area contributed by atoms with Gasteiger partial charge in [-0.2, -0.15) is 0 Å². The van der Waals surface area contributed by atoms with Gasteiger partial charge in [0.2, 0.25) is 0 Å². The van der Waals surface area contributed by atoms with Crippen LogP contribution in [0.25, 0.3) is 10.8 Å². The fourth-order valence-corrected chi connectivity index (χ4v) is 2.79. The number of aromatic nitrogens is 1. The first-order valence-electron chi connectivity index (χ1n) is 5.92. The van der Waals surface area contributed by atoms with Gasteiger partial charge in [0.15, 0.2) is 0 Å². The minimum Gasteiger partial charge on any atom is -0.264 e. The highest BCUT2D eigenvalue weighted by Gasteiger charge is 1.98. The zero-order valence-corrected chi connectivity index (χ0v) is 10.7. The fraction of sp³-hybridized carbons (Fsp3) is 0.0625. The van der Waals surface area contributed by atoms with Gasteiger partial charge in [0.05, 0.1) is 0 Å². The molecule has 0 aliphatic heterocycles. The topological polar surface area (TPSA) is 12.9 Å². The van der Waals surface area contributed by atoms with E-state index in [4.69, 9.17) is 0 Å². The van der Waals surface area contributed by atoms with Crippen LogP contribution in [0.2, 0.25) is 0 Å². The first-order valence-corrected chi connectivity index (χ1v) is 6.91. The summed E-state index contributed by atoms with van der Waals surface area (Å²) in [6, 6.07) is 19.2. The molecule has 0 unspecified atom stereocenters. The fourth-order valence-electron chi connectivity index (χ4n) is 1.91. The molecular weight excluding hydrogens is 238 g/mol. The van der Waals surface area contributed by atoms with Gasteiger partial charge in [-0.15, -0.1) is 11.8 Å².